The van der Waals surface area contributed by atoms with Crippen LogP contribution in [0.3, 0.4) is 0 Å². The van der Waals surface area contributed by atoms with Crippen LogP contribution in [0.5, 0.6) is 5.75 Å². The average molecular weight is 333 g/mol. The molecule has 1 heterocycles. The van der Waals surface area contributed by atoms with Crippen molar-refractivity contribution < 1.29 is 4.43 Å². The first kappa shape index (κ1) is 17.3. The molecule has 0 aliphatic rings. The molecule has 2 rings (SSSR count). The van der Waals surface area contributed by atoms with E-state index in [2.05, 4.69) is 70.4 Å². The van der Waals surface area contributed by atoms with Gasteiger partial charge in [-0.1, -0.05) is 26.0 Å². The van der Waals surface area contributed by atoms with E-state index in [1.165, 1.54) is 21.6 Å². The molecule has 0 amide bonds. The number of hydrogen-bond donors (Lipinski definition) is 0. The molecule has 0 spiro atoms. The second kappa shape index (κ2) is 7.01. The quantitative estimate of drug-likeness (QED) is 0.604. The molecule has 0 bridgehead atoms. The topological polar surface area (TPSA) is 9.23 Å². The van der Waals surface area contributed by atoms with Crippen LogP contribution < -0.4 is 4.43 Å². The summed E-state index contributed by atoms with van der Waals surface area (Å²) in [4.78, 5) is 1.49. The summed E-state index contributed by atoms with van der Waals surface area (Å²) in [5.41, 5.74) is 4.19. The number of hydrogen-bond acceptors (Lipinski definition) is 2. The molecule has 0 saturated heterocycles. The summed E-state index contributed by atoms with van der Waals surface area (Å²) < 4.78 is 6.03. The Bertz CT molecular complexity index is 626. The molecule has 120 valence electrons. The summed E-state index contributed by atoms with van der Waals surface area (Å²) in [6.07, 6.45) is 2.25. The first-order valence-corrected chi connectivity index (χ1v) is 11.9. The van der Waals surface area contributed by atoms with E-state index in [9.17, 15) is 0 Å². The fourth-order valence-corrected chi connectivity index (χ4v) is 5.20. The van der Waals surface area contributed by atoms with Gasteiger partial charge in [0.25, 0.3) is 0 Å². The molecular weight excluding hydrogens is 304 g/mol. The molecule has 1 aromatic carbocycles. The maximum Gasteiger partial charge on any atom is 0.229 e. The summed E-state index contributed by atoms with van der Waals surface area (Å²) in [7, 11) is -1.05. The Morgan fingerprint density at radius 3 is 2.23 bits per heavy atom. The fraction of sp³-hybridized carbons (Fsp3) is 0.474. The fourth-order valence-electron chi connectivity index (χ4n) is 3.16. The molecule has 0 unspecified atom stereocenters. The van der Waals surface area contributed by atoms with Crippen molar-refractivity contribution in [1.29, 1.82) is 0 Å². The predicted molar refractivity (Wildman–Crippen MR) is 101 cm³/mol. The van der Waals surface area contributed by atoms with E-state index in [-0.39, 0.29) is 5.41 Å². The highest BCUT2D eigenvalue weighted by Crippen LogP contribution is 2.42. The molecule has 0 fully saturated rings. The van der Waals surface area contributed by atoms with E-state index < -0.39 is 9.04 Å². The van der Waals surface area contributed by atoms with Crippen LogP contribution in [0.1, 0.15) is 48.3 Å². The van der Waals surface area contributed by atoms with Gasteiger partial charge < -0.3 is 4.43 Å². The normalized spacial score (nSPS) is 12.0. The van der Waals surface area contributed by atoms with E-state index in [4.69, 9.17) is 4.43 Å². The van der Waals surface area contributed by atoms with Gasteiger partial charge in [-0.05, 0) is 74.0 Å². The highest BCUT2D eigenvalue weighted by atomic mass is 32.1. The number of rotatable bonds is 6. The Balaban J connectivity index is 2.47. The van der Waals surface area contributed by atoms with Crippen LogP contribution in [-0.2, 0) is 5.41 Å². The minimum atomic E-state index is -1.05. The SMILES string of the molecule is CCC(CC)(c1ccc(O[SiH](C)C)c(C)c1)c1cc(C)cs1. The number of thiophene rings is 1. The Morgan fingerprint density at radius 1 is 1.09 bits per heavy atom. The molecule has 0 aliphatic carbocycles. The molecule has 22 heavy (non-hydrogen) atoms. The van der Waals surface area contributed by atoms with Gasteiger partial charge in [-0.25, -0.2) is 0 Å². The van der Waals surface area contributed by atoms with Gasteiger partial charge in [0.2, 0.25) is 9.04 Å². The van der Waals surface area contributed by atoms with E-state index >= 15 is 0 Å². The molecule has 0 saturated carbocycles. The second-order valence-corrected chi connectivity index (χ2v) is 9.67. The van der Waals surface area contributed by atoms with Crippen LogP contribution in [0.2, 0.25) is 13.1 Å². The van der Waals surface area contributed by atoms with E-state index in [0.29, 0.717) is 0 Å². The highest BCUT2D eigenvalue weighted by Gasteiger charge is 2.32. The van der Waals surface area contributed by atoms with Crippen molar-refractivity contribution >= 4 is 20.4 Å². The summed E-state index contributed by atoms with van der Waals surface area (Å²) in [5.74, 6) is 1.06. The summed E-state index contributed by atoms with van der Waals surface area (Å²) in [5, 5.41) is 2.27. The molecule has 1 nitrogen and oxygen atoms in total. The Labute approximate surface area is 141 Å². The smallest absolute Gasteiger partial charge is 0.229 e. The zero-order chi connectivity index (χ0) is 16.3. The summed E-state index contributed by atoms with van der Waals surface area (Å²) in [6.45, 7) is 13.4. The predicted octanol–water partition coefficient (Wildman–Crippen LogP) is 5.83. The minimum absolute atomic E-state index is 0.136. The number of aryl methyl sites for hydroxylation is 2. The Hall–Kier alpha value is -1.06. The second-order valence-electron chi connectivity index (χ2n) is 6.42. The van der Waals surface area contributed by atoms with Crippen LogP contribution in [0.15, 0.2) is 29.6 Å². The largest absolute Gasteiger partial charge is 0.547 e. The number of benzene rings is 1. The lowest BCUT2D eigenvalue weighted by Gasteiger charge is -2.32. The molecule has 0 aliphatic heterocycles. The first-order valence-electron chi connectivity index (χ1n) is 8.26. The maximum atomic E-state index is 6.03. The van der Waals surface area contributed by atoms with Crippen LogP contribution in [0.25, 0.3) is 0 Å². The average Bonchev–Trinajstić information content (AvgIpc) is 2.90. The van der Waals surface area contributed by atoms with Crippen LogP contribution >= 0.6 is 11.3 Å². The zero-order valence-electron chi connectivity index (χ0n) is 14.7. The van der Waals surface area contributed by atoms with E-state index in [0.717, 1.165) is 18.6 Å². The molecule has 0 atom stereocenters. The molecule has 2 aromatic rings. The maximum absolute atomic E-state index is 6.03. The van der Waals surface area contributed by atoms with Crippen molar-refractivity contribution in [1.82, 2.24) is 0 Å². The standard InChI is InChI=1S/C19H28OSSi/c1-7-19(8-2,18-11-14(3)13-21-18)16-9-10-17(15(4)12-16)20-22(5)6/h9-13,22H,7-8H2,1-6H3. The Morgan fingerprint density at radius 2 is 1.77 bits per heavy atom. The summed E-state index contributed by atoms with van der Waals surface area (Å²) >= 11 is 1.90. The van der Waals surface area contributed by atoms with Gasteiger partial charge in [-0.2, -0.15) is 0 Å². The van der Waals surface area contributed by atoms with Gasteiger partial charge in [0, 0.05) is 10.3 Å². The van der Waals surface area contributed by atoms with Crippen LogP contribution in [0.4, 0.5) is 0 Å². The van der Waals surface area contributed by atoms with Crippen molar-refractivity contribution in [2.75, 3.05) is 0 Å². The third-order valence-electron chi connectivity index (χ3n) is 4.50. The van der Waals surface area contributed by atoms with Gasteiger partial charge >= 0.3 is 0 Å². The van der Waals surface area contributed by atoms with Gasteiger partial charge in [0.1, 0.15) is 5.75 Å². The van der Waals surface area contributed by atoms with Crippen molar-refractivity contribution in [3.63, 3.8) is 0 Å². The van der Waals surface area contributed by atoms with Crippen LogP contribution in [-0.4, -0.2) is 9.04 Å². The monoisotopic (exact) mass is 332 g/mol. The van der Waals surface area contributed by atoms with Gasteiger partial charge in [-0.3, -0.25) is 0 Å². The highest BCUT2D eigenvalue weighted by molar-refractivity contribution is 7.10. The van der Waals surface area contributed by atoms with E-state index in [1.54, 1.807) is 0 Å². The Kier molecular flexibility index (Phi) is 5.51. The van der Waals surface area contributed by atoms with Crippen molar-refractivity contribution in [2.24, 2.45) is 0 Å². The lowest BCUT2D eigenvalue weighted by Crippen LogP contribution is -2.25. The van der Waals surface area contributed by atoms with Gasteiger partial charge in [-0.15, -0.1) is 11.3 Å². The molecule has 0 radical (unpaired) electrons. The van der Waals surface area contributed by atoms with Crippen molar-refractivity contribution in [3.05, 3.63) is 51.2 Å². The van der Waals surface area contributed by atoms with E-state index in [1.807, 2.05) is 11.3 Å². The van der Waals surface area contributed by atoms with Gasteiger partial charge in [0.15, 0.2) is 0 Å². The molecular formula is C19H28OSSi. The molecule has 3 heteroatoms. The van der Waals surface area contributed by atoms with Gasteiger partial charge in [0.05, 0.1) is 0 Å². The third-order valence-corrected chi connectivity index (χ3v) is 6.48. The molecule has 0 N–H and O–H groups in total. The first-order chi connectivity index (χ1) is 10.4. The van der Waals surface area contributed by atoms with Crippen LogP contribution in [0, 0.1) is 13.8 Å². The van der Waals surface area contributed by atoms with Crippen molar-refractivity contribution in [3.8, 4) is 5.75 Å². The van der Waals surface area contributed by atoms with Crippen molar-refractivity contribution in [2.45, 2.75) is 59.0 Å². The lowest BCUT2D eigenvalue weighted by atomic mass is 9.74. The third kappa shape index (κ3) is 3.30. The molecule has 1 aromatic heterocycles. The zero-order valence-corrected chi connectivity index (χ0v) is 16.7. The minimum Gasteiger partial charge on any atom is -0.547 e. The lowest BCUT2D eigenvalue weighted by molar-refractivity contribution is 0.485. The summed E-state index contributed by atoms with van der Waals surface area (Å²) in [6, 6.07) is 9.16.